The van der Waals surface area contributed by atoms with Crippen LogP contribution in [0.2, 0.25) is 0 Å². The Morgan fingerprint density at radius 1 is 1.18 bits per heavy atom. The molecule has 3 heteroatoms. The summed E-state index contributed by atoms with van der Waals surface area (Å²) < 4.78 is 1.99. The molecule has 1 aromatic carbocycles. The van der Waals surface area contributed by atoms with E-state index in [0.717, 1.165) is 11.4 Å². The number of imidazole rings is 1. The number of hydrogen-bond donors (Lipinski definition) is 1. The van der Waals surface area contributed by atoms with E-state index in [0.29, 0.717) is 6.54 Å². The highest BCUT2D eigenvalue weighted by atomic mass is 15.0. The Morgan fingerprint density at radius 3 is 2.53 bits per heavy atom. The first kappa shape index (κ1) is 11.9. The molecule has 0 amide bonds. The molecule has 1 heterocycles. The summed E-state index contributed by atoms with van der Waals surface area (Å²) in [5.41, 5.74) is 13.0. The van der Waals surface area contributed by atoms with Crippen LogP contribution in [0.15, 0.2) is 18.5 Å². The van der Waals surface area contributed by atoms with Crippen LogP contribution < -0.4 is 5.73 Å². The molecule has 0 saturated carbocycles. The molecular weight excluding hydrogens is 210 g/mol. The summed E-state index contributed by atoms with van der Waals surface area (Å²) >= 11 is 0. The Morgan fingerprint density at radius 2 is 1.88 bits per heavy atom. The highest BCUT2D eigenvalue weighted by Crippen LogP contribution is 2.28. The van der Waals surface area contributed by atoms with Gasteiger partial charge >= 0.3 is 0 Å². The molecule has 0 aliphatic rings. The van der Waals surface area contributed by atoms with E-state index >= 15 is 0 Å². The minimum absolute atomic E-state index is 0.512. The third kappa shape index (κ3) is 1.87. The molecule has 2 rings (SSSR count). The molecule has 90 valence electrons. The molecule has 1 aromatic heterocycles. The van der Waals surface area contributed by atoms with Crippen LogP contribution in [0.1, 0.15) is 22.4 Å². The van der Waals surface area contributed by atoms with Crippen LogP contribution in [0, 0.1) is 20.8 Å². The van der Waals surface area contributed by atoms with E-state index in [-0.39, 0.29) is 0 Å². The van der Waals surface area contributed by atoms with Gasteiger partial charge in [0, 0.05) is 19.2 Å². The predicted octanol–water partition coefficient (Wildman–Crippen LogP) is 2.47. The number of hydrogen-bond acceptors (Lipinski definition) is 2. The lowest BCUT2D eigenvalue weighted by atomic mass is 9.96. The van der Waals surface area contributed by atoms with Crippen molar-refractivity contribution in [1.29, 1.82) is 0 Å². The third-order valence-corrected chi connectivity index (χ3v) is 3.57. The molecule has 0 atom stereocenters. The summed E-state index contributed by atoms with van der Waals surface area (Å²) in [7, 11) is 1.98. The molecule has 2 N–H and O–H groups in total. The zero-order valence-electron chi connectivity index (χ0n) is 10.9. The van der Waals surface area contributed by atoms with Crippen molar-refractivity contribution in [3.63, 3.8) is 0 Å². The summed E-state index contributed by atoms with van der Waals surface area (Å²) in [5, 5.41) is 0. The smallest absolute Gasteiger partial charge is 0.0953 e. The monoisotopic (exact) mass is 229 g/mol. The van der Waals surface area contributed by atoms with E-state index in [4.69, 9.17) is 5.73 Å². The Bertz CT molecular complexity index is 553. The third-order valence-electron chi connectivity index (χ3n) is 3.57. The summed E-state index contributed by atoms with van der Waals surface area (Å²) in [6, 6.07) is 4.28. The van der Waals surface area contributed by atoms with Crippen molar-refractivity contribution >= 4 is 0 Å². The second-order valence-electron chi connectivity index (χ2n) is 4.53. The minimum atomic E-state index is 0.512. The molecule has 0 aliphatic heterocycles. The summed E-state index contributed by atoms with van der Waals surface area (Å²) in [4.78, 5) is 4.47. The standard InChI is InChI=1S/C14H19N3/c1-9-5-6-12(11(3)10(9)2)14-13(7-15)17(4)8-16-14/h5-6,8H,7,15H2,1-4H3. The van der Waals surface area contributed by atoms with Crippen molar-refractivity contribution in [1.82, 2.24) is 9.55 Å². The zero-order chi connectivity index (χ0) is 12.6. The minimum Gasteiger partial charge on any atom is -0.336 e. The van der Waals surface area contributed by atoms with Crippen LogP contribution >= 0.6 is 0 Å². The molecule has 0 bridgehead atoms. The first-order chi connectivity index (χ1) is 8.06. The van der Waals surface area contributed by atoms with Crippen molar-refractivity contribution in [2.24, 2.45) is 12.8 Å². The number of nitrogens with two attached hydrogens (primary N) is 1. The quantitative estimate of drug-likeness (QED) is 0.859. The Balaban J connectivity index is 2.65. The predicted molar refractivity (Wildman–Crippen MR) is 70.7 cm³/mol. The summed E-state index contributed by atoms with van der Waals surface area (Å²) in [6.45, 7) is 6.94. The van der Waals surface area contributed by atoms with Gasteiger partial charge in [-0.15, -0.1) is 0 Å². The molecule has 0 saturated heterocycles. The van der Waals surface area contributed by atoms with Gasteiger partial charge in [0.05, 0.1) is 17.7 Å². The Labute approximate surface area is 102 Å². The van der Waals surface area contributed by atoms with Crippen LogP contribution in [-0.2, 0) is 13.6 Å². The van der Waals surface area contributed by atoms with Crippen LogP contribution in [0.25, 0.3) is 11.3 Å². The van der Waals surface area contributed by atoms with Crippen LogP contribution in [0.3, 0.4) is 0 Å². The molecular formula is C14H19N3. The largest absolute Gasteiger partial charge is 0.336 e. The Hall–Kier alpha value is -1.61. The second-order valence-corrected chi connectivity index (χ2v) is 4.53. The van der Waals surface area contributed by atoms with Gasteiger partial charge in [-0.25, -0.2) is 4.98 Å². The van der Waals surface area contributed by atoms with E-state index in [9.17, 15) is 0 Å². The van der Waals surface area contributed by atoms with Gasteiger partial charge in [-0.2, -0.15) is 0 Å². The fraction of sp³-hybridized carbons (Fsp3) is 0.357. The van der Waals surface area contributed by atoms with Gasteiger partial charge in [0.25, 0.3) is 0 Å². The molecule has 0 aliphatic carbocycles. The fourth-order valence-corrected chi connectivity index (χ4v) is 2.13. The van der Waals surface area contributed by atoms with Gasteiger partial charge < -0.3 is 10.3 Å². The molecule has 0 radical (unpaired) electrons. The van der Waals surface area contributed by atoms with E-state index in [1.54, 1.807) is 0 Å². The first-order valence-electron chi connectivity index (χ1n) is 5.83. The molecule has 2 aromatic rings. The van der Waals surface area contributed by atoms with E-state index in [1.165, 1.54) is 22.3 Å². The number of rotatable bonds is 2. The highest BCUT2D eigenvalue weighted by Gasteiger charge is 2.13. The zero-order valence-corrected chi connectivity index (χ0v) is 10.9. The highest BCUT2D eigenvalue weighted by molar-refractivity contribution is 5.68. The lowest BCUT2D eigenvalue weighted by Crippen LogP contribution is -2.04. The normalized spacial score (nSPS) is 10.9. The van der Waals surface area contributed by atoms with Crippen LogP contribution in [0.4, 0.5) is 0 Å². The van der Waals surface area contributed by atoms with Crippen molar-refractivity contribution in [3.8, 4) is 11.3 Å². The van der Waals surface area contributed by atoms with Gasteiger partial charge in [0.2, 0.25) is 0 Å². The van der Waals surface area contributed by atoms with Gasteiger partial charge in [0.15, 0.2) is 0 Å². The molecule has 3 nitrogen and oxygen atoms in total. The lowest BCUT2D eigenvalue weighted by Gasteiger charge is -2.11. The van der Waals surface area contributed by atoms with E-state index in [2.05, 4.69) is 37.9 Å². The number of aromatic nitrogens is 2. The lowest BCUT2D eigenvalue weighted by molar-refractivity contribution is 0.821. The van der Waals surface area contributed by atoms with Crippen LogP contribution in [-0.4, -0.2) is 9.55 Å². The van der Waals surface area contributed by atoms with Gasteiger partial charge in [-0.1, -0.05) is 12.1 Å². The maximum absolute atomic E-state index is 5.79. The van der Waals surface area contributed by atoms with Crippen molar-refractivity contribution in [2.75, 3.05) is 0 Å². The fourth-order valence-electron chi connectivity index (χ4n) is 2.13. The van der Waals surface area contributed by atoms with Gasteiger partial charge in [-0.3, -0.25) is 0 Å². The van der Waals surface area contributed by atoms with Crippen molar-refractivity contribution in [3.05, 3.63) is 40.8 Å². The molecule has 0 fully saturated rings. The molecule has 0 unspecified atom stereocenters. The van der Waals surface area contributed by atoms with Crippen molar-refractivity contribution < 1.29 is 0 Å². The van der Waals surface area contributed by atoms with Gasteiger partial charge in [0.1, 0.15) is 0 Å². The number of nitrogens with zero attached hydrogens (tertiary/aromatic N) is 2. The van der Waals surface area contributed by atoms with Crippen molar-refractivity contribution in [2.45, 2.75) is 27.3 Å². The summed E-state index contributed by atoms with van der Waals surface area (Å²) in [6.07, 6.45) is 1.83. The average molecular weight is 229 g/mol. The Kier molecular flexibility index (Phi) is 3.03. The van der Waals surface area contributed by atoms with E-state index < -0.39 is 0 Å². The molecule has 0 spiro atoms. The second kappa shape index (κ2) is 4.34. The SMILES string of the molecule is Cc1ccc(-c2ncn(C)c2CN)c(C)c1C. The summed E-state index contributed by atoms with van der Waals surface area (Å²) in [5.74, 6) is 0. The number of benzene rings is 1. The maximum atomic E-state index is 5.79. The van der Waals surface area contributed by atoms with E-state index in [1.807, 2.05) is 17.9 Å². The number of aryl methyl sites for hydroxylation is 2. The van der Waals surface area contributed by atoms with Gasteiger partial charge in [-0.05, 0) is 37.5 Å². The maximum Gasteiger partial charge on any atom is 0.0953 e. The first-order valence-corrected chi connectivity index (χ1v) is 5.83. The average Bonchev–Trinajstić information content (AvgIpc) is 2.67. The topological polar surface area (TPSA) is 43.8 Å². The molecule has 17 heavy (non-hydrogen) atoms. The van der Waals surface area contributed by atoms with Crippen LogP contribution in [0.5, 0.6) is 0 Å².